The summed E-state index contributed by atoms with van der Waals surface area (Å²) >= 11 is 0. The van der Waals surface area contributed by atoms with Crippen molar-refractivity contribution in [2.24, 2.45) is 5.92 Å². The number of para-hydroxylation sites is 1. The van der Waals surface area contributed by atoms with Crippen LogP contribution in [0.1, 0.15) is 24.5 Å². The van der Waals surface area contributed by atoms with Gasteiger partial charge in [-0.05, 0) is 31.9 Å². The number of aliphatic hydroxyl groups is 1. The highest BCUT2D eigenvalue weighted by Crippen LogP contribution is 2.33. The van der Waals surface area contributed by atoms with E-state index in [9.17, 15) is 5.11 Å². The first-order valence-electron chi connectivity index (χ1n) is 7.43. The average Bonchev–Trinajstić information content (AvgIpc) is 3.28. The normalized spacial score (nSPS) is 25.4. The van der Waals surface area contributed by atoms with Gasteiger partial charge in [-0.3, -0.25) is 4.90 Å². The van der Waals surface area contributed by atoms with Crippen molar-refractivity contribution in [1.29, 1.82) is 0 Å². The van der Waals surface area contributed by atoms with E-state index in [1.54, 1.807) is 0 Å². The van der Waals surface area contributed by atoms with Crippen LogP contribution in [0.2, 0.25) is 0 Å². The van der Waals surface area contributed by atoms with Crippen LogP contribution >= 0.6 is 0 Å². The quantitative estimate of drug-likeness (QED) is 0.806. The van der Waals surface area contributed by atoms with Crippen molar-refractivity contribution >= 4 is 0 Å². The van der Waals surface area contributed by atoms with Gasteiger partial charge in [0.1, 0.15) is 18.5 Å². The number of aliphatic hydroxyl groups excluding tert-OH is 1. The number of likely N-dealkylation sites (N-methyl/N-ethyl adjacent to an activating group) is 1. The molecule has 0 aromatic heterocycles. The zero-order chi connectivity index (χ0) is 13.9. The number of hydrogen-bond acceptors (Lipinski definition) is 4. The largest absolute Gasteiger partial charge is 0.491 e. The van der Waals surface area contributed by atoms with Crippen LogP contribution in [0.3, 0.4) is 0 Å². The summed E-state index contributed by atoms with van der Waals surface area (Å²) in [7, 11) is 2.02. The van der Waals surface area contributed by atoms with Crippen molar-refractivity contribution < 1.29 is 14.6 Å². The number of ether oxygens (including phenoxy) is 2. The standard InChI is InChI=1S/C16H23NO3/c1-17(8-9-19-10-12-6-7-12)14-11-20-15-5-3-2-4-13(15)16(14)18/h2-5,12,14,16,18H,6-11H2,1H3. The minimum absolute atomic E-state index is 0.00516. The monoisotopic (exact) mass is 277 g/mol. The molecule has 1 N–H and O–H groups in total. The second-order valence-corrected chi connectivity index (χ2v) is 5.86. The summed E-state index contributed by atoms with van der Waals surface area (Å²) in [6, 6.07) is 7.71. The summed E-state index contributed by atoms with van der Waals surface area (Å²) in [5.74, 6) is 1.60. The van der Waals surface area contributed by atoms with E-state index in [0.29, 0.717) is 6.61 Å². The van der Waals surface area contributed by atoms with E-state index in [-0.39, 0.29) is 6.04 Å². The zero-order valence-electron chi connectivity index (χ0n) is 12.0. The number of hydrogen-bond donors (Lipinski definition) is 1. The molecule has 1 aliphatic heterocycles. The van der Waals surface area contributed by atoms with Crippen molar-refractivity contribution in [3.8, 4) is 5.75 Å². The summed E-state index contributed by atoms with van der Waals surface area (Å²) in [6.45, 7) is 2.95. The lowest BCUT2D eigenvalue weighted by Gasteiger charge is -2.36. The molecule has 0 radical (unpaired) electrons. The van der Waals surface area contributed by atoms with Gasteiger partial charge in [-0.25, -0.2) is 0 Å². The van der Waals surface area contributed by atoms with E-state index in [4.69, 9.17) is 9.47 Å². The first-order chi connectivity index (χ1) is 9.75. The maximum Gasteiger partial charge on any atom is 0.125 e. The lowest BCUT2D eigenvalue weighted by molar-refractivity contribution is 0.00149. The van der Waals surface area contributed by atoms with Crippen molar-refractivity contribution in [3.63, 3.8) is 0 Å². The van der Waals surface area contributed by atoms with Crippen LogP contribution in [0.5, 0.6) is 5.75 Å². The Morgan fingerprint density at radius 2 is 2.15 bits per heavy atom. The van der Waals surface area contributed by atoms with Gasteiger partial charge in [-0.15, -0.1) is 0 Å². The molecule has 4 nitrogen and oxygen atoms in total. The van der Waals surface area contributed by atoms with Crippen LogP contribution in [0, 0.1) is 5.92 Å². The molecule has 2 unspecified atom stereocenters. The maximum absolute atomic E-state index is 10.5. The lowest BCUT2D eigenvalue weighted by Crippen LogP contribution is -2.45. The molecule has 1 saturated carbocycles. The van der Waals surface area contributed by atoms with Crippen LogP contribution in [-0.2, 0) is 4.74 Å². The molecule has 20 heavy (non-hydrogen) atoms. The minimum Gasteiger partial charge on any atom is -0.491 e. The van der Waals surface area contributed by atoms with Gasteiger partial charge in [-0.1, -0.05) is 18.2 Å². The third-order valence-corrected chi connectivity index (χ3v) is 4.22. The Kier molecular flexibility index (Phi) is 4.24. The number of benzene rings is 1. The predicted molar refractivity (Wildman–Crippen MR) is 76.9 cm³/mol. The summed E-state index contributed by atoms with van der Waals surface area (Å²) in [5.41, 5.74) is 0.884. The zero-order valence-corrected chi connectivity index (χ0v) is 12.0. The van der Waals surface area contributed by atoms with Gasteiger partial charge in [0.2, 0.25) is 0 Å². The van der Waals surface area contributed by atoms with Crippen molar-refractivity contribution in [1.82, 2.24) is 4.90 Å². The molecule has 0 amide bonds. The molecule has 1 aromatic carbocycles. The van der Waals surface area contributed by atoms with Crippen LogP contribution in [-0.4, -0.2) is 49.5 Å². The van der Waals surface area contributed by atoms with E-state index < -0.39 is 6.10 Å². The molecule has 0 bridgehead atoms. The molecular weight excluding hydrogens is 254 g/mol. The highest BCUT2D eigenvalue weighted by atomic mass is 16.5. The molecule has 1 heterocycles. The molecule has 1 aliphatic carbocycles. The van der Waals surface area contributed by atoms with Gasteiger partial charge in [0.05, 0.1) is 12.6 Å². The first-order valence-corrected chi connectivity index (χ1v) is 7.43. The Bertz CT molecular complexity index is 447. The molecule has 0 saturated heterocycles. The van der Waals surface area contributed by atoms with Crippen LogP contribution in [0.4, 0.5) is 0 Å². The third-order valence-electron chi connectivity index (χ3n) is 4.22. The summed E-state index contributed by atoms with van der Waals surface area (Å²) < 4.78 is 11.4. The Balaban J connectivity index is 1.51. The van der Waals surface area contributed by atoms with Crippen LogP contribution < -0.4 is 4.74 Å². The molecule has 3 rings (SSSR count). The number of fused-ring (bicyclic) bond motifs is 1. The molecule has 110 valence electrons. The highest BCUT2D eigenvalue weighted by Gasteiger charge is 2.31. The van der Waals surface area contributed by atoms with Crippen molar-refractivity contribution in [2.45, 2.75) is 25.0 Å². The van der Waals surface area contributed by atoms with E-state index in [1.165, 1.54) is 12.8 Å². The van der Waals surface area contributed by atoms with Gasteiger partial charge in [0.15, 0.2) is 0 Å². The highest BCUT2D eigenvalue weighted by molar-refractivity contribution is 5.37. The van der Waals surface area contributed by atoms with Crippen LogP contribution in [0.15, 0.2) is 24.3 Å². The fraction of sp³-hybridized carbons (Fsp3) is 0.625. The minimum atomic E-state index is -0.492. The number of nitrogens with zero attached hydrogens (tertiary/aromatic N) is 1. The molecule has 1 aromatic rings. The Morgan fingerprint density at radius 3 is 2.95 bits per heavy atom. The lowest BCUT2D eigenvalue weighted by atomic mass is 9.98. The third kappa shape index (κ3) is 3.14. The van der Waals surface area contributed by atoms with Crippen molar-refractivity contribution in [2.75, 3.05) is 33.4 Å². The smallest absolute Gasteiger partial charge is 0.125 e. The predicted octanol–water partition coefficient (Wildman–Crippen LogP) is 1.84. The first kappa shape index (κ1) is 13.9. The molecule has 2 aliphatic rings. The molecule has 0 spiro atoms. The van der Waals surface area contributed by atoms with E-state index >= 15 is 0 Å². The van der Waals surface area contributed by atoms with Gasteiger partial charge >= 0.3 is 0 Å². The van der Waals surface area contributed by atoms with E-state index in [1.807, 2.05) is 31.3 Å². The molecule has 4 heteroatoms. The van der Waals surface area contributed by atoms with E-state index in [2.05, 4.69) is 4.90 Å². The second-order valence-electron chi connectivity index (χ2n) is 5.86. The average molecular weight is 277 g/mol. The fourth-order valence-corrected chi connectivity index (χ4v) is 2.61. The van der Waals surface area contributed by atoms with E-state index in [0.717, 1.165) is 37.0 Å². The van der Waals surface area contributed by atoms with Gasteiger partial charge < -0.3 is 14.6 Å². The van der Waals surface area contributed by atoms with Crippen molar-refractivity contribution in [3.05, 3.63) is 29.8 Å². The van der Waals surface area contributed by atoms with Crippen LogP contribution in [0.25, 0.3) is 0 Å². The second kappa shape index (κ2) is 6.12. The van der Waals surface area contributed by atoms with Gasteiger partial charge in [-0.2, -0.15) is 0 Å². The molecular formula is C16H23NO3. The SMILES string of the molecule is CN(CCOCC1CC1)C1COc2ccccc2C1O. The summed E-state index contributed by atoms with van der Waals surface area (Å²) in [4.78, 5) is 2.13. The summed E-state index contributed by atoms with van der Waals surface area (Å²) in [6.07, 6.45) is 2.15. The topological polar surface area (TPSA) is 41.9 Å². The Morgan fingerprint density at radius 1 is 1.35 bits per heavy atom. The maximum atomic E-state index is 10.5. The summed E-state index contributed by atoms with van der Waals surface area (Å²) in [5, 5.41) is 10.5. The fourth-order valence-electron chi connectivity index (χ4n) is 2.61. The molecule has 1 fully saturated rings. The van der Waals surface area contributed by atoms with Gasteiger partial charge in [0.25, 0.3) is 0 Å². The Hall–Kier alpha value is -1.10. The number of rotatable bonds is 6. The Labute approximate surface area is 120 Å². The molecule has 2 atom stereocenters. The van der Waals surface area contributed by atoms with Gasteiger partial charge in [0, 0.05) is 18.7 Å².